The Kier molecular flexibility index (Phi) is 5.07. The fourth-order valence-electron chi connectivity index (χ4n) is 2.35. The minimum absolute atomic E-state index is 0.0161. The van der Waals surface area contributed by atoms with Crippen LogP contribution in [0.25, 0.3) is 0 Å². The fourth-order valence-corrected chi connectivity index (χ4v) is 2.35. The molecular weight excluding hydrogens is 356 g/mol. The molecule has 1 aromatic heterocycles. The van der Waals surface area contributed by atoms with Crippen molar-refractivity contribution in [3.05, 3.63) is 66.4 Å². The van der Waals surface area contributed by atoms with Crippen LogP contribution in [0.2, 0.25) is 0 Å². The highest BCUT2D eigenvalue weighted by Gasteiger charge is 2.30. The van der Waals surface area contributed by atoms with E-state index < -0.39 is 17.7 Å². The molecule has 1 N–H and O–H groups in total. The predicted octanol–water partition coefficient (Wildman–Crippen LogP) is 4.87. The van der Waals surface area contributed by atoms with Crippen LogP contribution in [0.15, 0.2) is 60.7 Å². The smallest absolute Gasteiger partial charge is 0.425 e. The van der Waals surface area contributed by atoms with E-state index >= 15 is 0 Å². The van der Waals surface area contributed by atoms with Crippen LogP contribution in [-0.2, 0) is 5.92 Å². The predicted molar refractivity (Wildman–Crippen MR) is 95.8 cm³/mol. The van der Waals surface area contributed by atoms with E-state index in [0.29, 0.717) is 17.2 Å². The number of halogens is 2. The van der Waals surface area contributed by atoms with Crippen molar-refractivity contribution in [2.45, 2.75) is 12.8 Å². The summed E-state index contributed by atoms with van der Waals surface area (Å²) in [4.78, 5) is 13.9. The van der Waals surface area contributed by atoms with E-state index in [0.717, 1.165) is 17.9 Å². The summed E-state index contributed by atoms with van der Waals surface area (Å²) >= 11 is 0. The number of nitrogens with zero attached hydrogens (tertiary/aromatic N) is 2. The van der Waals surface area contributed by atoms with Gasteiger partial charge in [0, 0.05) is 13.0 Å². The number of hydrogen-bond donors (Lipinski definition) is 1. The summed E-state index contributed by atoms with van der Waals surface area (Å²) in [7, 11) is 1.51. The average Bonchev–Trinajstić information content (AvgIpc) is 3.13. The number of carbonyl (C=O) groups excluding carboxylic acids is 1. The summed E-state index contributed by atoms with van der Waals surface area (Å²) in [6, 6.07) is 16.0. The van der Waals surface area contributed by atoms with Gasteiger partial charge in [-0.05, 0) is 36.4 Å². The average molecular weight is 373 g/mol. The second-order valence-electron chi connectivity index (χ2n) is 5.74. The van der Waals surface area contributed by atoms with Gasteiger partial charge in [-0.1, -0.05) is 18.2 Å². The Morgan fingerprint density at radius 1 is 1.07 bits per heavy atom. The molecule has 0 saturated carbocycles. The van der Waals surface area contributed by atoms with Gasteiger partial charge in [0.15, 0.2) is 5.82 Å². The summed E-state index contributed by atoms with van der Waals surface area (Å²) in [6.45, 7) is 0.740. The molecule has 1 heterocycles. The van der Waals surface area contributed by atoms with Crippen molar-refractivity contribution >= 4 is 17.6 Å². The lowest BCUT2D eigenvalue weighted by atomic mass is 10.2. The molecule has 0 spiro atoms. The van der Waals surface area contributed by atoms with Crippen molar-refractivity contribution in [1.82, 2.24) is 10.2 Å². The SMILES string of the molecule is COc1ccc(N(C(=O)Oc2ccccc2)c2cc(C(C)(F)F)[nH]n2)cc1. The van der Waals surface area contributed by atoms with Gasteiger partial charge in [-0.25, -0.2) is 9.69 Å². The van der Waals surface area contributed by atoms with Gasteiger partial charge in [0.2, 0.25) is 0 Å². The first-order valence-electron chi connectivity index (χ1n) is 8.03. The van der Waals surface area contributed by atoms with Crippen LogP contribution >= 0.6 is 0 Å². The second kappa shape index (κ2) is 7.45. The van der Waals surface area contributed by atoms with Gasteiger partial charge < -0.3 is 9.47 Å². The Labute approximate surface area is 154 Å². The van der Waals surface area contributed by atoms with Gasteiger partial charge >= 0.3 is 6.09 Å². The summed E-state index contributed by atoms with van der Waals surface area (Å²) < 4.78 is 37.6. The Morgan fingerprint density at radius 2 is 1.74 bits per heavy atom. The lowest BCUT2D eigenvalue weighted by molar-refractivity contribution is 0.0127. The van der Waals surface area contributed by atoms with E-state index in [2.05, 4.69) is 10.2 Å². The third kappa shape index (κ3) is 4.22. The van der Waals surface area contributed by atoms with Crippen LogP contribution in [0.1, 0.15) is 12.6 Å². The highest BCUT2D eigenvalue weighted by Crippen LogP contribution is 2.32. The maximum absolute atomic E-state index is 13.6. The number of hydrogen-bond acceptors (Lipinski definition) is 4. The van der Waals surface area contributed by atoms with Crippen LogP contribution in [0, 0.1) is 0 Å². The van der Waals surface area contributed by atoms with Gasteiger partial charge in [-0.15, -0.1) is 0 Å². The standard InChI is InChI=1S/C19H17F2N3O3/c1-19(20,21)16-12-17(23-22-16)24(13-8-10-14(26-2)11-9-13)18(25)27-15-6-4-3-5-7-15/h3-12H,1-2H3,(H,22,23). The van der Waals surface area contributed by atoms with Gasteiger partial charge in [-0.2, -0.15) is 13.9 Å². The Morgan fingerprint density at radius 3 is 2.30 bits per heavy atom. The molecule has 0 atom stereocenters. The number of benzene rings is 2. The number of anilines is 2. The molecule has 27 heavy (non-hydrogen) atoms. The number of para-hydroxylation sites is 1. The van der Waals surface area contributed by atoms with Gasteiger partial charge in [-0.3, -0.25) is 5.10 Å². The normalized spacial score (nSPS) is 11.1. The molecule has 2 aromatic carbocycles. The van der Waals surface area contributed by atoms with Gasteiger partial charge in [0.05, 0.1) is 12.8 Å². The Hall–Kier alpha value is -3.42. The molecular formula is C19H17F2N3O3. The van der Waals surface area contributed by atoms with Crippen molar-refractivity contribution in [1.29, 1.82) is 0 Å². The first-order chi connectivity index (χ1) is 12.9. The molecule has 0 aliphatic heterocycles. The molecule has 0 radical (unpaired) electrons. The third-order valence-electron chi connectivity index (χ3n) is 3.73. The van der Waals surface area contributed by atoms with E-state index in [1.807, 2.05) is 0 Å². The Bertz CT molecular complexity index is 906. The second-order valence-corrected chi connectivity index (χ2v) is 5.74. The monoisotopic (exact) mass is 373 g/mol. The number of aromatic amines is 1. The number of amides is 1. The molecule has 0 saturated heterocycles. The van der Waals surface area contributed by atoms with Crippen molar-refractivity contribution < 1.29 is 23.0 Å². The molecule has 8 heteroatoms. The van der Waals surface area contributed by atoms with Gasteiger partial charge in [0.1, 0.15) is 17.2 Å². The van der Waals surface area contributed by atoms with Crippen molar-refractivity contribution in [2.75, 3.05) is 12.0 Å². The van der Waals surface area contributed by atoms with Crippen molar-refractivity contribution in [2.24, 2.45) is 0 Å². The third-order valence-corrected chi connectivity index (χ3v) is 3.73. The molecule has 6 nitrogen and oxygen atoms in total. The number of carbonyl (C=O) groups is 1. The number of aromatic nitrogens is 2. The zero-order chi connectivity index (χ0) is 19.4. The molecule has 0 bridgehead atoms. The minimum atomic E-state index is -3.12. The van der Waals surface area contributed by atoms with E-state index in [-0.39, 0.29) is 5.82 Å². The van der Waals surface area contributed by atoms with Crippen LogP contribution in [-0.4, -0.2) is 23.4 Å². The number of rotatable bonds is 5. The largest absolute Gasteiger partial charge is 0.497 e. The molecule has 0 unspecified atom stereocenters. The lowest BCUT2D eigenvalue weighted by Gasteiger charge is -2.20. The zero-order valence-corrected chi connectivity index (χ0v) is 14.6. The van der Waals surface area contributed by atoms with Crippen molar-refractivity contribution in [3.8, 4) is 11.5 Å². The number of methoxy groups -OCH3 is 1. The summed E-state index contributed by atoms with van der Waals surface area (Å²) in [5.74, 6) is -2.24. The maximum Gasteiger partial charge on any atom is 0.425 e. The van der Waals surface area contributed by atoms with E-state index in [1.54, 1.807) is 54.6 Å². The van der Waals surface area contributed by atoms with E-state index in [9.17, 15) is 13.6 Å². The fraction of sp³-hybridized carbons (Fsp3) is 0.158. The molecule has 0 aliphatic carbocycles. The minimum Gasteiger partial charge on any atom is -0.497 e. The molecule has 1 amide bonds. The van der Waals surface area contributed by atoms with Crippen LogP contribution in [0.4, 0.5) is 25.1 Å². The zero-order valence-electron chi connectivity index (χ0n) is 14.6. The molecule has 3 aromatic rings. The number of ether oxygens (including phenoxy) is 2. The highest BCUT2D eigenvalue weighted by atomic mass is 19.3. The highest BCUT2D eigenvalue weighted by molar-refractivity contribution is 5.96. The number of nitrogens with one attached hydrogen (secondary N) is 1. The molecule has 0 aliphatic rings. The summed E-state index contributed by atoms with van der Waals surface area (Å²) in [5.41, 5.74) is -0.0299. The summed E-state index contributed by atoms with van der Waals surface area (Å²) in [6.07, 6.45) is -0.788. The van der Waals surface area contributed by atoms with Crippen LogP contribution in [0.5, 0.6) is 11.5 Å². The number of alkyl halides is 2. The first-order valence-corrected chi connectivity index (χ1v) is 8.03. The van der Waals surface area contributed by atoms with Crippen LogP contribution in [0.3, 0.4) is 0 Å². The molecule has 3 rings (SSSR count). The maximum atomic E-state index is 13.6. The molecule has 140 valence electrons. The number of H-pyrrole nitrogens is 1. The van der Waals surface area contributed by atoms with Crippen molar-refractivity contribution in [3.63, 3.8) is 0 Å². The Balaban J connectivity index is 1.97. The summed E-state index contributed by atoms with van der Waals surface area (Å²) in [5, 5.41) is 6.12. The van der Waals surface area contributed by atoms with Crippen LogP contribution < -0.4 is 14.4 Å². The lowest BCUT2D eigenvalue weighted by Crippen LogP contribution is -2.29. The quantitative estimate of drug-likeness (QED) is 0.693. The van der Waals surface area contributed by atoms with E-state index in [4.69, 9.17) is 9.47 Å². The van der Waals surface area contributed by atoms with Gasteiger partial charge in [0.25, 0.3) is 5.92 Å². The topological polar surface area (TPSA) is 67.4 Å². The first kappa shape index (κ1) is 18.4. The molecule has 0 fully saturated rings. The van der Waals surface area contributed by atoms with E-state index in [1.165, 1.54) is 7.11 Å².